The third-order valence-electron chi connectivity index (χ3n) is 4.61. The number of anilines is 2. The highest BCUT2D eigenvalue weighted by atomic mass is 35.5. The second kappa shape index (κ2) is 8.27. The van der Waals surface area contributed by atoms with E-state index in [1.807, 2.05) is 4.90 Å². The molecule has 1 aliphatic heterocycles. The maximum atomic E-state index is 13.9. The summed E-state index contributed by atoms with van der Waals surface area (Å²) in [5, 5.41) is 6.35. The lowest BCUT2D eigenvalue weighted by molar-refractivity contribution is -0.117. The highest BCUT2D eigenvalue weighted by molar-refractivity contribution is 6.33. The summed E-state index contributed by atoms with van der Waals surface area (Å²) in [5.74, 6) is -0.703. The number of amides is 1. The van der Waals surface area contributed by atoms with Crippen molar-refractivity contribution >= 4 is 40.5 Å². The van der Waals surface area contributed by atoms with Gasteiger partial charge in [-0.1, -0.05) is 36.2 Å². The summed E-state index contributed by atoms with van der Waals surface area (Å²) < 4.78 is 14.8. The van der Waals surface area contributed by atoms with E-state index < -0.39 is 17.3 Å². The molecule has 1 aromatic heterocycles. The summed E-state index contributed by atoms with van der Waals surface area (Å²) in [6, 6.07) is 4.26. The van der Waals surface area contributed by atoms with Crippen LogP contribution in [-0.2, 0) is 11.3 Å². The summed E-state index contributed by atoms with van der Waals surface area (Å²) in [6.07, 6.45) is 3.53. The highest BCUT2D eigenvalue weighted by Gasteiger charge is 2.21. The molecule has 1 fully saturated rings. The molecule has 0 spiro atoms. The van der Waals surface area contributed by atoms with Gasteiger partial charge in [0.15, 0.2) is 5.82 Å². The smallest absolute Gasteiger partial charge is 0.288 e. The third kappa shape index (κ3) is 4.42. The van der Waals surface area contributed by atoms with Gasteiger partial charge < -0.3 is 10.2 Å². The second-order valence-electron chi connectivity index (χ2n) is 6.63. The van der Waals surface area contributed by atoms with Gasteiger partial charge in [0.2, 0.25) is 5.91 Å². The number of hydrogen-bond donors (Lipinski definition) is 1. The number of nitrogens with one attached hydrogen (secondary N) is 1. The van der Waals surface area contributed by atoms with Crippen molar-refractivity contribution in [1.29, 1.82) is 0 Å². The molecular weight excluding hydrogens is 394 g/mol. The van der Waals surface area contributed by atoms with Gasteiger partial charge in [0.1, 0.15) is 11.6 Å². The lowest BCUT2D eigenvalue weighted by Gasteiger charge is -2.32. The summed E-state index contributed by atoms with van der Waals surface area (Å²) in [6.45, 7) is 3.42. The molecule has 1 aliphatic rings. The van der Waals surface area contributed by atoms with E-state index in [2.05, 4.69) is 17.3 Å². The van der Waals surface area contributed by atoms with Gasteiger partial charge in [0.05, 0.1) is 22.6 Å². The van der Waals surface area contributed by atoms with Gasteiger partial charge in [-0.15, -0.1) is 0 Å². The van der Waals surface area contributed by atoms with E-state index >= 15 is 0 Å². The Labute approximate surface area is 165 Å². The minimum atomic E-state index is -0.736. The molecule has 0 radical (unpaired) electrons. The third-order valence-corrected chi connectivity index (χ3v) is 5.26. The predicted molar refractivity (Wildman–Crippen MR) is 104 cm³/mol. The number of piperidine rings is 1. The van der Waals surface area contributed by atoms with Crippen molar-refractivity contribution in [2.75, 3.05) is 23.3 Å². The zero-order chi connectivity index (χ0) is 19.6. The molecule has 2 heterocycles. The maximum Gasteiger partial charge on any atom is 0.288 e. The van der Waals surface area contributed by atoms with Crippen molar-refractivity contribution in [3.8, 4) is 0 Å². The molecule has 1 aromatic carbocycles. The van der Waals surface area contributed by atoms with E-state index in [4.69, 9.17) is 23.2 Å². The number of hydrogen-bond acceptors (Lipinski definition) is 4. The van der Waals surface area contributed by atoms with Gasteiger partial charge in [0, 0.05) is 13.1 Å². The van der Waals surface area contributed by atoms with Crippen LogP contribution in [0, 0.1) is 11.7 Å². The Balaban J connectivity index is 1.74. The van der Waals surface area contributed by atoms with Crippen LogP contribution in [0.15, 0.2) is 29.2 Å². The first-order chi connectivity index (χ1) is 12.9. The number of nitrogens with zero attached hydrogens (tertiary/aromatic N) is 3. The SMILES string of the molecule is CC1CCN(c2cnn(CC(=O)Nc3cccc(Cl)c3F)c(=O)c2Cl)CC1. The molecule has 9 heteroatoms. The first-order valence-corrected chi connectivity index (χ1v) is 9.37. The van der Waals surface area contributed by atoms with E-state index in [1.165, 1.54) is 24.4 Å². The highest BCUT2D eigenvalue weighted by Crippen LogP contribution is 2.26. The average Bonchev–Trinajstić information content (AvgIpc) is 2.64. The fraction of sp³-hybridized carbons (Fsp3) is 0.389. The van der Waals surface area contributed by atoms with Gasteiger partial charge >= 0.3 is 0 Å². The molecule has 0 aliphatic carbocycles. The molecule has 1 amide bonds. The Kier molecular flexibility index (Phi) is 6.01. The Morgan fingerprint density at radius 3 is 2.74 bits per heavy atom. The molecule has 144 valence electrons. The lowest BCUT2D eigenvalue weighted by Crippen LogP contribution is -2.36. The average molecular weight is 413 g/mol. The zero-order valence-corrected chi connectivity index (χ0v) is 16.2. The topological polar surface area (TPSA) is 67.2 Å². The minimum Gasteiger partial charge on any atom is -0.369 e. The van der Waals surface area contributed by atoms with Gasteiger partial charge in [-0.2, -0.15) is 5.10 Å². The van der Waals surface area contributed by atoms with Crippen molar-refractivity contribution in [2.24, 2.45) is 5.92 Å². The van der Waals surface area contributed by atoms with Gasteiger partial charge in [-0.3, -0.25) is 9.59 Å². The fourth-order valence-corrected chi connectivity index (χ4v) is 3.41. The number of rotatable bonds is 4. The van der Waals surface area contributed by atoms with E-state index in [1.54, 1.807) is 0 Å². The van der Waals surface area contributed by atoms with Crippen molar-refractivity contribution in [1.82, 2.24) is 9.78 Å². The van der Waals surface area contributed by atoms with E-state index in [9.17, 15) is 14.0 Å². The van der Waals surface area contributed by atoms with Crippen LogP contribution in [-0.4, -0.2) is 28.8 Å². The Bertz CT molecular complexity index is 911. The van der Waals surface area contributed by atoms with Crippen LogP contribution in [0.4, 0.5) is 15.8 Å². The molecular formula is C18H19Cl2FN4O2. The monoisotopic (exact) mass is 412 g/mol. The Morgan fingerprint density at radius 1 is 1.33 bits per heavy atom. The summed E-state index contributed by atoms with van der Waals surface area (Å²) in [7, 11) is 0. The quantitative estimate of drug-likeness (QED) is 0.833. The van der Waals surface area contributed by atoms with Crippen molar-refractivity contribution in [3.05, 3.63) is 50.6 Å². The van der Waals surface area contributed by atoms with Crippen LogP contribution in [0.2, 0.25) is 10.0 Å². The number of carbonyl (C=O) groups excluding carboxylic acids is 1. The lowest BCUT2D eigenvalue weighted by atomic mass is 9.99. The molecule has 0 saturated carbocycles. The summed E-state index contributed by atoms with van der Waals surface area (Å²) in [4.78, 5) is 26.7. The molecule has 6 nitrogen and oxygen atoms in total. The fourth-order valence-electron chi connectivity index (χ4n) is 2.97. The van der Waals surface area contributed by atoms with Gasteiger partial charge in [0.25, 0.3) is 5.56 Å². The maximum absolute atomic E-state index is 13.9. The second-order valence-corrected chi connectivity index (χ2v) is 7.41. The first-order valence-electron chi connectivity index (χ1n) is 8.61. The van der Waals surface area contributed by atoms with Crippen LogP contribution in [0.1, 0.15) is 19.8 Å². The number of carbonyl (C=O) groups is 1. The number of benzene rings is 1. The molecule has 0 bridgehead atoms. The van der Waals surface area contributed by atoms with Crippen LogP contribution < -0.4 is 15.8 Å². The van der Waals surface area contributed by atoms with E-state index in [-0.39, 0.29) is 22.3 Å². The van der Waals surface area contributed by atoms with E-state index in [0.717, 1.165) is 30.6 Å². The van der Waals surface area contributed by atoms with Crippen molar-refractivity contribution in [3.63, 3.8) is 0 Å². The normalized spacial score (nSPS) is 15.0. The predicted octanol–water partition coefficient (Wildman–Crippen LogP) is 3.56. The molecule has 2 aromatic rings. The largest absolute Gasteiger partial charge is 0.369 e. The van der Waals surface area contributed by atoms with E-state index in [0.29, 0.717) is 11.6 Å². The Morgan fingerprint density at radius 2 is 2.04 bits per heavy atom. The van der Waals surface area contributed by atoms with Crippen LogP contribution in [0.25, 0.3) is 0 Å². The molecule has 1 N–H and O–H groups in total. The van der Waals surface area contributed by atoms with Crippen molar-refractivity contribution in [2.45, 2.75) is 26.3 Å². The molecule has 1 saturated heterocycles. The number of aromatic nitrogens is 2. The molecule has 27 heavy (non-hydrogen) atoms. The van der Waals surface area contributed by atoms with Gasteiger partial charge in [-0.25, -0.2) is 9.07 Å². The zero-order valence-electron chi connectivity index (χ0n) is 14.7. The summed E-state index contributed by atoms with van der Waals surface area (Å²) >= 11 is 11.9. The first kappa shape index (κ1) is 19.6. The minimum absolute atomic E-state index is 0.0290. The summed E-state index contributed by atoms with van der Waals surface area (Å²) in [5.41, 5.74) is -0.0497. The molecule has 0 unspecified atom stereocenters. The standard InChI is InChI=1S/C18H19Cl2FN4O2/c1-11-5-7-24(8-6-11)14-9-22-25(18(27)16(14)20)10-15(26)23-13-4-2-3-12(19)17(13)21/h2-4,9,11H,5-8,10H2,1H3,(H,23,26). The molecule has 3 rings (SSSR count). The van der Waals surface area contributed by atoms with Crippen molar-refractivity contribution < 1.29 is 9.18 Å². The van der Waals surface area contributed by atoms with Crippen LogP contribution in [0.5, 0.6) is 0 Å². The van der Waals surface area contributed by atoms with Crippen LogP contribution in [0.3, 0.4) is 0 Å². The molecule has 0 atom stereocenters. The Hall–Kier alpha value is -2.12. The van der Waals surface area contributed by atoms with Crippen LogP contribution >= 0.6 is 23.2 Å². The number of halogens is 3. The van der Waals surface area contributed by atoms with Gasteiger partial charge in [-0.05, 0) is 30.9 Å².